The quantitative estimate of drug-likeness (QED) is 0.0197. The molecule has 0 saturated carbocycles. The number of phosphoric acid groups is 1. The van der Waals surface area contributed by atoms with Gasteiger partial charge < -0.3 is 24.2 Å². The van der Waals surface area contributed by atoms with Gasteiger partial charge in [-0.3, -0.25) is 23.4 Å². The van der Waals surface area contributed by atoms with Crippen molar-refractivity contribution in [1.82, 2.24) is 0 Å². The number of allylic oxidation sites excluding steroid dienone is 8. The van der Waals surface area contributed by atoms with E-state index in [1.807, 2.05) is 0 Å². The van der Waals surface area contributed by atoms with Crippen molar-refractivity contribution in [1.29, 1.82) is 0 Å². The molecule has 0 aliphatic heterocycles. The lowest BCUT2D eigenvalue weighted by Gasteiger charge is -2.21. The predicted molar refractivity (Wildman–Crippen MR) is 279 cm³/mol. The molecule has 0 saturated heterocycles. The van der Waals surface area contributed by atoms with Crippen LogP contribution in [0.15, 0.2) is 48.6 Å². The molecule has 3 atom stereocenters. The van der Waals surface area contributed by atoms with Crippen molar-refractivity contribution in [2.75, 3.05) is 26.4 Å². The van der Waals surface area contributed by atoms with Gasteiger partial charge in [0.05, 0.1) is 19.8 Å². The highest BCUT2D eigenvalue weighted by atomic mass is 31.2. The molecule has 68 heavy (non-hydrogen) atoms. The Kier molecular flexibility index (Phi) is 48.9. The number of carbonyl (C=O) groups excluding carboxylic acids is 3. The molecule has 0 aromatic heterocycles. The molecule has 12 heteroatoms. The van der Waals surface area contributed by atoms with Gasteiger partial charge in [-0.2, -0.15) is 0 Å². The molecule has 0 heterocycles. The molecule has 2 N–H and O–H groups in total. The van der Waals surface area contributed by atoms with Crippen LogP contribution in [0.5, 0.6) is 0 Å². The monoisotopic (exact) mass is 981 g/mol. The standard InChI is InChI=1S/C56H101O11P/c1-4-7-10-13-16-19-22-24-26-28-31-33-36-39-42-45-54(58)63-49-53(67-56(60)47-44-41-38-35-32-29-27-25-23-20-17-14-11-8-5-2)51-65-68(61,62)64-50-52(48-57)66-55(59)46-43-40-37-34-30-21-18-15-12-9-6-3/h7,10,16,19,24-27,52-53,57H,4-6,8-9,11-15,17-18,20-23,28-51H2,1-3H3,(H,61,62)/b10-7-,19-16-,26-24-,27-25-. The maximum atomic E-state index is 12.9. The topological polar surface area (TPSA) is 155 Å². The van der Waals surface area contributed by atoms with Crippen molar-refractivity contribution >= 4 is 25.7 Å². The molecule has 0 fully saturated rings. The van der Waals surface area contributed by atoms with Gasteiger partial charge in [0, 0.05) is 19.3 Å². The molecule has 3 unspecified atom stereocenters. The third-order valence-corrected chi connectivity index (χ3v) is 12.7. The fraction of sp³-hybridized carbons (Fsp3) is 0.804. The van der Waals surface area contributed by atoms with E-state index in [1.165, 1.54) is 83.5 Å². The van der Waals surface area contributed by atoms with E-state index >= 15 is 0 Å². The van der Waals surface area contributed by atoms with Crippen molar-refractivity contribution in [2.24, 2.45) is 0 Å². The van der Waals surface area contributed by atoms with Crippen LogP contribution in [0.1, 0.15) is 252 Å². The van der Waals surface area contributed by atoms with E-state index in [2.05, 4.69) is 69.4 Å². The third-order valence-electron chi connectivity index (χ3n) is 11.7. The Morgan fingerprint density at radius 3 is 1.19 bits per heavy atom. The predicted octanol–water partition coefficient (Wildman–Crippen LogP) is 15.8. The summed E-state index contributed by atoms with van der Waals surface area (Å²) in [6.07, 6.45) is 52.1. The molecule has 0 aliphatic carbocycles. The highest BCUT2D eigenvalue weighted by molar-refractivity contribution is 7.47. The summed E-state index contributed by atoms with van der Waals surface area (Å²) in [5.74, 6) is -1.48. The van der Waals surface area contributed by atoms with E-state index in [0.717, 1.165) is 109 Å². The van der Waals surface area contributed by atoms with E-state index in [-0.39, 0.29) is 25.9 Å². The number of aliphatic hydroxyl groups excluding tert-OH is 1. The van der Waals surface area contributed by atoms with Crippen molar-refractivity contribution < 1.29 is 52.2 Å². The SMILES string of the molecule is CC/C=C\C/C=C\C/C=C\CCCCCCCC(=O)OCC(COP(=O)(O)OCC(CO)OC(=O)CCCCCCCCCCCCC)OC(=O)CCCCCCC/C=C\CCCCCCCC. The lowest BCUT2D eigenvalue weighted by Crippen LogP contribution is -2.30. The maximum absolute atomic E-state index is 12.9. The average molecular weight is 981 g/mol. The fourth-order valence-corrected chi connectivity index (χ4v) is 8.33. The Bertz CT molecular complexity index is 1330. The van der Waals surface area contributed by atoms with Gasteiger partial charge in [-0.25, -0.2) is 4.57 Å². The van der Waals surface area contributed by atoms with Crippen LogP contribution in [0.4, 0.5) is 0 Å². The van der Waals surface area contributed by atoms with Gasteiger partial charge in [0.15, 0.2) is 6.10 Å². The largest absolute Gasteiger partial charge is 0.472 e. The van der Waals surface area contributed by atoms with Crippen LogP contribution in [0.3, 0.4) is 0 Å². The molecule has 0 aromatic carbocycles. The van der Waals surface area contributed by atoms with Gasteiger partial charge in [0.2, 0.25) is 0 Å². The molecule has 0 aromatic rings. The first-order chi connectivity index (χ1) is 33.2. The van der Waals surface area contributed by atoms with Crippen LogP contribution in [-0.4, -0.2) is 66.5 Å². The first-order valence-electron chi connectivity index (χ1n) is 27.5. The lowest BCUT2D eigenvalue weighted by molar-refractivity contribution is -0.161. The molecular weight excluding hydrogens is 880 g/mol. The third kappa shape index (κ3) is 48.5. The van der Waals surface area contributed by atoms with Crippen molar-refractivity contribution in [3.8, 4) is 0 Å². The Morgan fingerprint density at radius 1 is 0.426 bits per heavy atom. The highest BCUT2D eigenvalue weighted by Crippen LogP contribution is 2.43. The number of hydrogen-bond acceptors (Lipinski definition) is 10. The second-order valence-corrected chi connectivity index (χ2v) is 19.8. The minimum absolute atomic E-state index is 0.155. The van der Waals surface area contributed by atoms with Gasteiger partial charge in [-0.05, 0) is 77.0 Å². The summed E-state index contributed by atoms with van der Waals surface area (Å²) in [5.41, 5.74) is 0. The number of carbonyl (C=O) groups is 3. The molecule has 396 valence electrons. The number of rotatable bonds is 51. The van der Waals surface area contributed by atoms with Crippen LogP contribution in [-0.2, 0) is 42.2 Å². The number of aliphatic hydroxyl groups is 1. The van der Waals surface area contributed by atoms with Crippen molar-refractivity contribution in [2.45, 2.75) is 264 Å². The lowest BCUT2D eigenvalue weighted by atomic mass is 10.1. The van der Waals surface area contributed by atoms with Crippen molar-refractivity contribution in [3.05, 3.63) is 48.6 Å². The van der Waals surface area contributed by atoms with E-state index < -0.39 is 57.8 Å². The van der Waals surface area contributed by atoms with E-state index in [9.17, 15) is 28.9 Å². The van der Waals surface area contributed by atoms with E-state index in [1.54, 1.807) is 0 Å². The summed E-state index contributed by atoms with van der Waals surface area (Å²) >= 11 is 0. The van der Waals surface area contributed by atoms with Crippen LogP contribution >= 0.6 is 7.82 Å². The molecule has 0 bridgehead atoms. The summed E-state index contributed by atoms with van der Waals surface area (Å²) in [6.45, 7) is 4.50. The van der Waals surface area contributed by atoms with Gasteiger partial charge in [0.1, 0.15) is 12.7 Å². The van der Waals surface area contributed by atoms with Crippen LogP contribution in [0.2, 0.25) is 0 Å². The normalized spacial score (nSPS) is 13.8. The van der Waals surface area contributed by atoms with Gasteiger partial charge in [-0.1, -0.05) is 204 Å². The second-order valence-electron chi connectivity index (χ2n) is 18.4. The maximum Gasteiger partial charge on any atom is 0.472 e. The molecule has 0 radical (unpaired) electrons. The van der Waals surface area contributed by atoms with E-state index in [4.69, 9.17) is 23.3 Å². The van der Waals surface area contributed by atoms with Gasteiger partial charge in [0.25, 0.3) is 0 Å². The zero-order valence-electron chi connectivity index (χ0n) is 43.6. The first kappa shape index (κ1) is 65.4. The minimum Gasteiger partial charge on any atom is -0.462 e. The summed E-state index contributed by atoms with van der Waals surface area (Å²) in [6, 6.07) is 0. The van der Waals surface area contributed by atoms with Crippen LogP contribution < -0.4 is 0 Å². The van der Waals surface area contributed by atoms with Crippen molar-refractivity contribution in [3.63, 3.8) is 0 Å². The second kappa shape index (κ2) is 50.8. The Hall–Kier alpha value is -2.56. The molecule has 0 aliphatic rings. The Morgan fingerprint density at radius 2 is 0.765 bits per heavy atom. The first-order valence-corrected chi connectivity index (χ1v) is 29.0. The molecular formula is C56H101O11P. The van der Waals surface area contributed by atoms with Gasteiger partial charge >= 0.3 is 25.7 Å². The number of ether oxygens (including phenoxy) is 3. The summed E-state index contributed by atoms with van der Waals surface area (Å²) in [4.78, 5) is 48.4. The zero-order chi connectivity index (χ0) is 49.9. The van der Waals surface area contributed by atoms with E-state index in [0.29, 0.717) is 19.3 Å². The zero-order valence-corrected chi connectivity index (χ0v) is 44.5. The Balaban J connectivity index is 4.76. The number of phosphoric ester groups is 1. The number of unbranched alkanes of at least 4 members (excludes halogenated alkanes) is 26. The molecule has 0 spiro atoms. The van der Waals surface area contributed by atoms with Crippen LogP contribution in [0.25, 0.3) is 0 Å². The summed E-state index contributed by atoms with van der Waals surface area (Å²) in [5, 5.41) is 9.78. The fourth-order valence-electron chi connectivity index (χ4n) is 7.54. The molecule has 0 rings (SSSR count). The Labute approximate surface area is 415 Å². The average Bonchev–Trinajstić information content (AvgIpc) is 3.32. The van der Waals surface area contributed by atoms with Gasteiger partial charge in [-0.15, -0.1) is 0 Å². The number of hydrogen-bond donors (Lipinski definition) is 2. The molecule has 0 amide bonds. The summed E-state index contributed by atoms with van der Waals surface area (Å²) < 4.78 is 39.4. The van der Waals surface area contributed by atoms with Crippen LogP contribution in [0, 0.1) is 0 Å². The minimum atomic E-state index is -4.74. The smallest absolute Gasteiger partial charge is 0.462 e. The highest BCUT2D eigenvalue weighted by Gasteiger charge is 2.28. The number of esters is 3. The summed E-state index contributed by atoms with van der Waals surface area (Å²) in [7, 11) is -4.74. The molecule has 11 nitrogen and oxygen atoms in total.